The van der Waals surface area contributed by atoms with Crippen molar-refractivity contribution >= 4 is 11.6 Å². The van der Waals surface area contributed by atoms with Gasteiger partial charge in [-0.05, 0) is 13.3 Å². The van der Waals surface area contributed by atoms with Gasteiger partial charge in [0.25, 0.3) is 0 Å². The van der Waals surface area contributed by atoms with Gasteiger partial charge >= 0.3 is 0 Å². The molecule has 0 spiro atoms. The molecule has 5 heteroatoms. The summed E-state index contributed by atoms with van der Waals surface area (Å²) in [6, 6.07) is 2.17. The molecule has 0 radical (unpaired) electrons. The van der Waals surface area contributed by atoms with Crippen LogP contribution in [-0.4, -0.2) is 36.1 Å². The Kier molecular flexibility index (Phi) is 4.98. The lowest BCUT2D eigenvalue weighted by Gasteiger charge is -2.18. The van der Waals surface area contributed by atoms with Crippen molar-refractivity contribution in [2.75, 3.05) is 30.4 Å². The first-order valence-corrected chi connectivity index (χ1v) is 5.67. The minimum Gasteiger partial charge on any atom is -0.366 e. The first kappa shape index (κ1) is 12.7. The first-order valence-electron chi connectivity index (χ1n) is 5.67. The fourth-order valence-electron chi connectivity index (χ4n) is 1.40. The zero-order valence-electron chi connectivity index (χ0n) is 10.3. The predicted molar refractivity (Wildman–Crippen MR) is 67.7 cm³/mol. The highest BCUT2D eigenvalue weighted by Crippen LogP contribution is 2.13. The monoisotopic (exact) mass is 223 g/mol. The number of nitrogens with two attached hydrogens (primary N) is 1. The summed E-state index contributed by atoms with van der Waals surface area (Å²) in [6.07, 6.45) is 2.68. The molecule has 1 unspecified atom stereocenters. The Bertz CT molecular complexity index is 315. The van der Waals surface area contributed by atoms with Crippen LogP contribution in [0.25, 0.3) is 0 Å². The highest BCUT2D eigenvalue weighted by Gasteiger charge is 2.05. The Hall–Kier alpha value is -1.36. The fraction of sp³-hybridized carbons (Fsp3) is 0.636. The Balaban J connectivity index is 2.70. The number of nitrogens with zero attached hydrogens (tertiary/aromatic N) is 3. The van der Waals surface area contributed by atoms with Crippen LogP contribution in [0.3, 0.4) is 0 Å². The van der Waals surface area contributed by atoms with E-state index in [2.05, 4.69) is 27.1 Å². The molecule has 0 aromatic carbocycles. The normalized spacial score (nSPS) is 12.2. The third-order valence-electron chi connectivity index (χ3n) is 2.35. The molecule has 0 saturated heterocycles. The average molecular weight is 223 g/mol. The van der Waals surface area contributed by atoms with Gasteiger partial charge in [0.15, 0.2) is 0 Å². The SMILES string of the molecule is CCCN(C)c1cc(NC(C)CN)ncn1. The maximum atomic E-state index is 5.55. The summed E-state index contributed by atoms with van der Waals surface area (Å²) in [5.74, 6) is 1.76. The fourth-order valence-corrected chi connectivity index (χ4v) is 1.40. The van der Waals surface area contributed by atoms with E-state index in [0.29, 0.717) is 6.54 Å². The molecule has 90 valence electrons. The minimum absolute atomic E-state index is 0.222. The van der Waals surface area contributed by atoms with E-state index in [-0.39, 0.29) is 6.04 Å². The van der Waals surface area contributed by atoms with Crippen LogP contribution in [-0.2, 0) is 0 Å². The highest BCUT2D eigenvalue weighted by atomic mass is 15.2. The van der Waals surface area contributed by atoms with Crippen molar-refractivity contribution in [3.63, 3.8) is 0 Å². The lowest BCUT2D eigenvalue weighted by atomic mass is 10.3. The van der Waals surface area contributed by atoms with E-state index in [0.717, 1.165) is 24.6 Å². The third kappa shape index (κ3) is 3.66. The van der Waals surface area contributed by atoms with E-state index in [4.69, 9.17) is 5.73 Å². The molecular weight excluding hydrogens is 202 g/mol. The van der Waals surface area contributed by atoms with Gasteiger partial charge in [0.1, 0.15) is 18.0 Å². The molecule has 0 fully saturated rings. The molecule has 0 aliphatic carbocycles. The quantitative estimate of drug-likeness (QED) is 0.755. The summed E-state index contributed by atoms with van der Waals surface area (Å²) in [7, 11) is 2.03. The number of anilines is 2. The Labute approximate surface area is 97.1 Å². The summed E-state index contributed by atoms with van der Waals surface area (Å²) in [4.78, 5) is 10.5. The number of nitrogens with one attached hydrogen (secondary N) is 1. The molecule has 1 heterocycles. The molecule has 0 saturated carbocycles. The molecule has 0 aliphatic rings. The van der Waals surface area contributed by atoms with Gasteiger partial charge in [-0.1, -0.05) is 6.92 Å². The van der Waals surface area contributed by atoms with Crippen LogP contribution < -0.4 is 16.0 Å². The third-order valence-corrected chi connectivity index (χ3v) is 2.35. The molecule has 16 heavy (non-hydrogen) atoms. The Morgan fingerprint density at radius 2 is 2.25 bits per heavy atom. The van der Waals surface area contributed by atoms with Crippen LogP contribution in [0.15, 0.2) is 12.4 Å². The molecule has 0 bridgehead atoms. The molecule has 3 N–H and O–H groups in total. The van der Waals surface area contributed by atoms with E-state index in [9.17, 15) is 0 Å². The van der Waals surface area contributed by atoms with Crippen molar-refractivity contribution in [3.05, 3.63) is 12.4 Å². The second-order valence-electron chi connectivity index (χ2n) is 3.96. The van der Waals surface area contributed by atoms with Crippen molar-refractivity contribution in [1.29, 1.82) is 0 Å². The van der Waals surface area contributed by atoms with E-state index in [1.165, 1.54) is 0 Å². The van der Waals surface area contributed by atoms with Crippen LogP contribution in [0.1, 0.15) is 20.3 Å². The van der Waals surface area contributed by atoms with Crippen molar-refractivity contribution in [1.82, 2.24) is 9.97 Å². The molecular formula is C11H21N5. The molecule has 1 aromatic heterocycles. The van der Waals surface area contributed by atoms with Gasteiger partial charge in [-0.25, -0.2) is 9.97 Å². The second-order valence-corrected chi connectivity index (χ2v) is 3.96. The lowest BCUT2D eigenvalue weighted by Crippen LogP contribution is -2.26. The molecule has 0 aliphatic heterocycles. The summed E-state index contributed by atoms with van der Waals surface area (Å²) < 4.78 is 0. The minimum atomic E-state index is 0.222. The molecule has 5 nitrogen and oxygen atoms in total. The number of hydrogen-bond acceptors (Lipinski definition) is 5. The summed E-state index contributed by atoms with van der Waals surface area (Å²) in [5.41, 5.74) is 5.55. The van der Waals surface area contributed by atoms with Gasteiger partial charge in [0.2, 0.25) is 0 Å². The highest BCUT2D eigenvalue weighted by molar-refractivity contribution is 5.48. The molecule has 0 amide bonds. The van der Waals surface area contributed by atoms with E-state index >= 15 is 0 Å². The second kappa shape index (κ2) is 6.27. The molecule has 1 atom stereocenters. The Morgan fingerprint density at radius 1 is 1.50 bits per heavy atom. The number of hydrogen-bond donors (Lipinski definition) is 2. The average Bonchev–Trinajstić information content (AvgIpc) is 2.29. The molecule has 1 rings (SSSR count). The van der Waals surface area contributed by atoms with Crippen LogP contribution >= 0.6 is 0 Å². The zero-order chi connectivity index (χ0) is 12.0. The topological polar surface area (TPSA) is 67.1 Å². The van der Waals surface area contributed by atoms with Crippen molar-refractivity contribution in [2.24, 2.45) is 5.73 Å². The number of rotatable bonds is 6. The van der Waals surface area contributed by atoms with Gasteiger partial charge in [-0.15, -0.1) is 0 Å². The number of aromatic nitrogens is 2. The summed E-state index contributed by atoms with van der Waals surface area (Å²) in [6.45, 7) is 5.75. The van der Waals surface area contributed by atoms with Crippen LogP contribution in [0, 0.1) is 0 Å². The van der Waals surface area contributed by atoms with Crippen LogP contribution in [0.4, 0.5) is 11.6 Å². The van der Waals surface area contributed by atoms with Crippen molar-refractivity contribution in [2.45, 2.75) is 26.3 Å². The summed E-state index contributed by atoms with van der Waals surface area (Å²) in [5, 5.41) is 3.23. The van der Waals surface area contributed by atoms with Crippen LogP contribution in [0.5, 0.6) is 0 Å². The van der Waals surface area contributed by atoms with E-state index < -0.39 is 0 Å². The maximum Gasteiger partial charge on any atom is 0.133 e. The van der Waals surface area contributed by atoms with Gasteiger partial charge < -0.3 is 16.0 Å². The smallest absolute Gasteiger partial charge is 0.133 e. The Morgan fingerprint density at radius 3 is 2.88 bits per heavy atom. The van der Waals surface area contributed by atoms with Crippen LogP contribution in [0.2, 0.25) is 0 Å². The van der Waals surface area contributed by atoms with Gasteiger partial charge in [0.05, 0.1) is 0 Å². The van der Waals surface area contributed by atoms with Gasteiger partial charge in [0, 0.05) is 32.2 Å². The lowest BCUT2D eigenvalue weighted by molar-refractivity contribution is 0.794. The first-order chi connectivity index (χ1) is 7.67. The van der Waals surface area contributed by atoms with Gasteiger partial charge in [-0.3, -0.25) is 0 Å². The predicted octanol–water partition coefficient (Wildman–Crippen LogP) is 1.08. The van der Waals surface area contributed by atoms with Gasteiger partial charge in [-0.2, -0.15) is 0 Å². The van der Waals surface area contributed by atoms with E-state index in [1.54, 1.807) is 6.33 Å². The zero-order valence-corrected chi connectivity index (χ0v) is 10.3. The molecule has 1 aromatic rings. The van der Waals surface area contributed by atoms with E-state index in [1.807, 2.05) is 20.0 Å². The summed E-state index contributed by atoms with van der Waals surface area (Å²) >= 11 is 0. The van der Waals surface area contributed by atoms with Crippen molar-refractivity contribution in [3.8, 4) is 0 Å². The van der Waals surface area contributed by atoms with Crippen molar-refractivity contribution < 1.29 is 0 Å². The largest absolute Gasteiger partial charge is 0.366 e. The standard InChI is InChI=1S/C11H21N5/c1-4-5-16(3)11-6-10(13-8-14-11)15-9(2)7-12/h6,8-9H,4-5,7,12H2,1-3H3,(H,13,14,15). The maximum absolute atomic E-state index is 5.55.